The molecule has 0 radical (unpaired) electrons. The average molecular weight is 380 g/mol. The van der Waals surface area contributed by atoms with Gasteiger partial charge in [0.15, 0.2) is 0 Å². The number of carbonyl (C=O) groups excluding carboxylic acids is 1. The van der Waals surface area contributed by atoms with Crippen molar-refractivity contribution in [3.8, 4) is 11.1 Å². The molecular weight excluding hydrogens is 356 g/mol. The van der Waals surface area contributed by atoms with Gasteiger partial charge in [-0.05, 0) is 71.6 Å². The minimum absolute atomic E-state index is 0.0200. The van der Waals surface area contributed by atoms with Gasteiger partial charge in [-0.15, -0.1) is 0 Å². The van der Waals surface area contributed by atoms with E-state index in [1.807, 2.05) is 12.1 Å². The number of rotatable bonds is 5. The van der Waals surface area contributed by atoms with Gasteiger partial charge in [-0.1, -0.05) is 60.7 Å². The second-order valence-electron chi connectivity index (χ2n) is 8.05. The van der Waals surface area contributed by atoms with E-state index in [0.29, 0.717) is 0 Å². The number of hydrogen-bond donors (Lipinski definition) is 0. The second-order valence-corrected chi connectivity index (χ2v) is 8.05. The van der Waals surface area contributed by atoms with Gasteiger partial charge in [0.2, 0.25) is 0 Å². The number of aliphatic imine (C=N–C) groups is 1. The van der Waals surface area contributed by atoms with Crippen molar-refractivity contribution in [2.45, 2.75) is 25.7 Å². The van der Waals surface area contributed by atoms with E-state index in [-0.39, 0.29) is 12.5 Å². The second kappa shape index (κ2) is 7.67. The summed E-state index contributed by atoms with van der Waals surface area (Å²) >= 11 is 0. The smallest absolute Gasteiger partial charge is 0.253 e. The Hall–Kier alpha value is -3.20. The number of carbonyl (C=O) groups is 1. The van der Waals surface area contributed by atoms with E-state index in [1.54, 1.807) is 11.2 Å². The summed E-state index contributed by atoms with van der Waals surface area (Å²) in [5, 5.41) is 0. The lowest BCUT2D eigenvalue weighted by Gasteiger charge is -2.14. The topological polar surface area (TPSA) is 32.7 Å². The SMILES string of the molecule is O=C1CN=CN1c1cccc(-c2ccc(CCC3Cc4ccccc4C3)cc2)c1. The van der Waals surface area contributed by atoms with Crippen LogP contribution in [0.5, 0.6) is 0 Å². The van der Waals surface area contributed by atoms with Gasteiger partial charge in [-0.3, -0.25) is 14.7 Å². The molecule has 2 aliphatic rings. The molecule has 144 valence electrons. The van der Waals surface area contributed by atoms with E-state index in [2.05, 4.69) is 65.7 Å². The number of amides is 1. The molecule has 1 aliphatic heterocycles. The zero-order chi connectivity index (χ0) is 19.6. The lowest BCUT2D eigenvalue weighted by atomic mass is 9.95. The van der Waals surface area contributed by atoms with E-state index < -0.39 is 0 Å². The molecule has 0 N–H and O–H groups in total. The zero-order valence-corrected chi connectivity index (χ0v) is 16.4. The van der Waals surface area contributed by atoms with Crippen molar-refractivity contribution in [3.05, 3.63) is 89.5 Å². The van der Waals surface area contributed by atoms with Crippen molar-refractivity contribution in [1.29, 1.82) is 0 Å². The maximum atomic E-state index is 11.9. The first-order valence-electron chi connectivity index (χ1n) is 10.3. The first kappa shape index (κ1) is 17.9. The minimum Gasteiger partial charge on any atom is -0.272 e. The van der Waals surface area contributed by atoms with Crippen LogP contribution in [-0.2, 0) is 24.1 Å². The molecule has 1 heterocycles. The number of hydrogen-bond acceptors (Lipinski definition) is 2. The van der Waals surface area contributed by atoms with Crippen molar-refractivity contribution in [2.24, 2.45) is 10.9 Å². The van der Waals surface area contributed by atoms with Gasteiger partial charge in [0, 0.05) is 0 Å². The lowest BCUT2D eigenvalue weighted by Crippen LogP contribution is -2.25. The summed E-state index contributed by atoms with van der Waals surface area (Å²) < 4.78 is 0. The Morgan fingerprint density at radius 1 is 0.862 bits per heavy atom. The Labute approximate surface area is 171 Å². The largest absolute Gasteiger partial charge is 0.272 e. The molecule has 3 heteroatoms. The Bertz CT molecular complexity index is 1040. The van der Waals surface area contributed by atoms with Crippen LogP contribution >= 0.6 is 0 Å². The predicted molar refractivity (Wildman–Crippen MR) is 118 cm³/mol. The lowest BCUT2D eigenvalue weighted by molar-refractivity contribution is -0.115. The molecule has 0 atom stereocenters. The number of fused-ring (bicyclic) bond motifs is 1. The van der Waals surface area contributed by atoms with Crippen molar-refractivity contribution in [2.75, 3.05) is 11.4 Å². The van der Waals surface area contributed by atoms with Gasteiger partial charge in [0.25, 0.3) is 5.91 Å². The van der Waals surface area contributed by atoms with E-state index in [4.69, 9.17) is 0 Å². The molecule has 0 aromatic heterocycles. The summed E-state index contributed by atoms with van der Waals surface area (Å²) in [6, 6.07) is 25.8. The van der Waals surface area contributed by atoms with Crippen molar-refractivity contribution in [3.63, 3.8) is 0 Å². The van der Waals surface area contributed by atoms with Gasteiger partial charge in [0.1, 0.15) is 6.54 Å². The van der Waals surface area contributed by atoms with Gasteiger partial charge >= 0.3 is 0 Å². The fourth-order valence-electron chi connectivity index (χ4n) is 4.48. The molecule has 0 spiro atoms. The molecule has 0 bridgehead atoms. The Balaban J connectivity index is 1.24. The molecule has 3 aromatic carbocycles. The molecule has 5 rings (SSSR count). The molecule has 1 amide bonds. The molecule has 3 aromatic rings. The molecule has 0 fully saturated rings. The fraction of sp³-hybridized carbons (Fsp3) is 0.231. The highest BCUT2D eigenvalue weighted by atomic mass is 16.2. The van der Waals surface area contributed by atoms with Crippen molar-refractivity contribution >= 4 is 17.9 Å². The van der Waals surface area contributed by atoms with Crippen LogP contribution in [-0.4, -0.2) is 18.8 Å². The van der Waals surface area contributed by atoms with E-state index in [0.717, 1.165) is 23.6 Å². The summed E-state index contributed by atoms with van der Waals surface area (Å²) in [5.74, 6) is 0.787. The minimum atomic E-state index is 0.0200. The van der Waals surface area contributed by atoms with Gasteiger partial charge in [0.05, 0.1) is 12.0 Å². The molecule has 0 saturated carbocycles. The van der Waals surface area contributed by atoms with Crippen LogP contribution < -0.4 is 4.90 Å². The number of nitrogens with zero attached hydrogens (tertiary/aromatic N) is 2. The first-order valence-corrected chi connectivity index (χ1v) is 10.3. The van der Waals surface area contributed by atoms with Gasteiger partial charge < -0.3 is 0 Å². The molecule has 0 unspecified atom stereocenters. The number of benzene rings is 3. The van der Waals surface area contributed by atoms with E-state index in [1.165, 1.54) is 41.5 Å². The highest BCUT2D eigenvalue weighted by Gasteiger charge is 2.20. The van der Waals surface area contributed by atoms with E-state index >= 15 is 0 Å². The molecule has 0 saturated heterocycles. The van der Waals surface area contributed by atoms with Crippen LogP contribution in [0, 0.1) is 5.92 Å². The Morgan fingerprint density at radius 3 is 2.31 bits per heavy atom. The third kappa shape index (κ3) is 3.73. The van der Waals surface area contributed by atoms with Crippen LogP contribution in [0.4, 0.5) is 5.69 Å². The molecule has 1 aliphatic carbocycles. The molecule has 3 nitrogen and oxygen atoms in total. The Kier molecular flexibility index (Phi) is 4.73. The normalized spacial score (nSPS) is 15.9. The van der Waals surface area contributed by atoms with Crippen LogP contribution in [0.25, 0.3) is 11.1 Å². The average Bonchev–Trinajstić information content (AvgIpc) is 3.38. The summed E-state index contributed by atoms with van der Waals surface area (Å²) in [6.45, 7) is 0.241. The standard InChI is InChI=1S/C26H24N2O/c29-26-17-27-18-28(26)25-7-3-6-24(16-25)21-12-10-19(11-13-21)8-9-20-14-22-4-1-2-5-23(22)15-20/h1-7,10-13,16,18,20H,8-9,14-15,17H2. The Morgan fingerprint density at radius 2 is 1.62 bits per heavy atom. The maximum absolute atomic E-state index is 11.9. The highest BCUT2D eigenvalue weighted by molar-refractivity contribution is 6.13. The number of anilines is 1. The van der Waals surface area contributed by atoms with Crippen LogP contribution in [0.2, 0.25) is 0 Å². The quantitative estimate of drug-likeness (QED) is 0.608. The van der Waals surface area contributed by atoms with Gasteiger partial charge in [-0.2, -0.15) is 0 Å². The van der Waals surface area contributed by atoms with Crippen LogP contribution in [0.1, 0.15) is 23.1 Å². The zero-order valence-electron chi connectivity index (χ0n) is 16.4. The van der Waals surface area contributed by atoms with Crippen LogP contribution in [0.15, 0.2) is 77.8 Å². The van der Waals surface area contributed by atoms with Crippen LogP contribution in [0.3, 0.4) is 0 Å². The first-order chi connectivity index (χ1) is 14.3. The third-order valence-corrected chi connectivity index (χ3v) is 6.08. The molecular formula is C26H24N2O. The number of aryl methyl sites for hydroxylation is 1. The van der Waals surface area contributed by atoms with Crippen molar-refractivity contribution in [1.82, 2.24) is 0 Å². The van der Waals surface area contributed by atoms with Gasteiger partial charge in [-0.25, -0.2) is 0 Å². The fourth-order valence-corrected chi connectivity index (χ4v) is 4.48. The monoisotopic (exact) mass is 380 g/mol. The third-order valence-electron chi connectivity index (χ3n) is 6.08. The summed E-state index contributed by atoms with van der Waals surface area (Å²) in [4.78, 5) is 17.6. The predicted octanol–water partition coefficient (Wildman–Crippen LogP) is 5.08. The summed E-state index contributed by atoms with van der Waals surface area (Å²) in [5.41, 5.74) is 7.63. The molecule has 29 heavy (non-hydrogen) atoms. The maximum Gasteiger partial charge on any atom is 0.253 e. The summed E-state index contributed by atoms with van der Waals surface area (Å²) in [6.07, 6.45) is 6.42. The highest BCUT2D eigenvalue weighted by Crippen LogP contribution is 2.30. The van der Waals surface area contributed by atoms with Crippen molar-refractivity contribution < 1.29 is 4.79 Å². The van der Waals surface area contributed by atoms with E-state index in [9.17, 15) is 4.79 Å². The summed E-state index contributed by atoms with van der Waals surface area (Å²) in [7, 11) is 0.